The van der Waals surface area contributed by atoms with E-state index in [-0.39, 0.29) is 0 Å². The van der Waals surface area contributed by atoms with E-state index in [1.165, 1.54) is 24.1 Å². The smallest absolute Gasteiger partial charge is 0.123 e. The fourth-order valence-corrected chi connectivity index (χ4v) is 3.57. The van der Waals surface area contributed by atoms with E-state index in [1.807, 2.05) is 6.07 Å². The van der Waals surface area contributed by atoms with Gasteiger partial charge in [0, 0.05) is 27.9 Å². The zero-order chi connectivity index (χ0) is 12.4. The largest absolute Gasteiger partial charge is 0.314 e. The molecular formula is C14H15BrN2S. The van der Waals surface area contributed by atoms with Crippen LogP contribution in [0.2, 0.25) is 0 Å². The Kier molecular flexibility index (Phi) is 3.77. The minimum Gasteiger partial charge on any atom is -0.314 e. The molecule has 1 aliphatic rings. The van der Waals surface area contributed by atoms with Crippen LogP contribution in [-0.4, -0.2) is 17.6 Å². The summed E-state index contributed by atoms with van der Waals surface area (Å²) >= 11 is 5.24. The molecule has 18 heavy (non-hydrogen) atoms. The number of hydrogen-bond acceptors (Lipinski definition) is 3. The second kappa shape index (κ2) is 5.51. The second-order valence-corrected chi connectivity index (χ2v) is 6.43. The molecule has 1 atom stereocenters. The molecule has 94 valence electrons. The Morgan fingerprint density at radius 1 is 1.44 bits per heavy atom. The van der Waals surface area contributed by atoms with Gasteiger partial charge in [0.25, 0.3) is 0 Å². The van der Waals surface area contributed by atoms with Gasteiger partial charge in [-0.25, -0.2) is 4.98 Å². The Hall–Kier alpha value is -0.710. The lowest BCUT2D eigenvalue weighted by molar-refractivity contribution is 0.597. The number of benzene rings is 1. The van der Waals surface area contributed by atoms with Crippen molar-refractivity contribution in [2.75, 3.05) is 6.54 Å². The molecule has 0 radical (unpaired) electrons. The molecule has 0 amide bonds. The van der Waals surface area contributed by atoms with Crippen LogP contribution >= 0.6 is 27.3 Å². The molecule has 0 aliphatic carbocycles. The molecule has 1 unspecified atom stereocenters. The van der Waals surface area contributed by atoms with E-state index in [0.29, 0.717) is 6.04 Å². The highest BCUT2D eigenvalue weighted by Crippen LogP contribution is 2.27. The standard InChI is InChI=1S/C14H15BrN2S/c15-11-4-1-3-10(7-11)14-17-13(9-18-14)8-12-5-2-6-16-12/h1,3-4,7,9,12,16H,2,5-6,8H2. The van der Waals surface area contributed by atoms with E-state index >= 15 is 0 Å². The maximum Gasteiger partial charge on any atom is 0.123 e. The summed E-state index contributed by atoms with van der Waals surface area (Å²) in [6, 6.07) is 8.96. The fraction of sp³-hybridized carbons (Fsp3) is 0.357. The van der Waals surface area contributed by atoms with Gasteiger partial charge in [0.15, 0.2) is 0 Å². The van der Waals surface area contributed by atoms with Crippen LogP contribution in [0.3, 0.4) is 0 Å². The molecule has 2 aromatic rings. The third-order valence-corrected chi connectivity index (χ3v) is 4.67. The Morgan fingerprint density at radius 2 is 2.39 bits per heavy atom. The summed E-state index contributed by atoms with van der Waals surface area (Å²) in [5, 5.41) is 6.83. The lowest BCUT2D eigenvalue weighted by atomic mass is 10.1. The maximum atomic E-state index is 4.74. The van der Waals surface area contributed by atoms with Crippen molar-refractivity contribution in [2.24, 2.45) is 0 Å². The van der Waals surface area contributed by atoms with E-state index in [9.17, 15) is 0 Å². The zero-order valence-electron chi connectivity index (χ0n) is 10.0. The number of thiazole rings is 1. The molecule has 1 aromatic heterocycles. The lowest BCUT2D eigenvalue weighted by Crippen LogP contribution is -2.23. The molecule has 1 aliphatic heterocycles. The van der Waals surface area contributed by atoms with Crippen molar-refractivity contribution in [1.82, 2.24) is 10.3 Å². The summed E-state index contributed by atoms with van der Waals surface area (Å²) in [5.74, 6) is 0. The summed E-state index contributed by atoms with van der Waals surface area (Å²) in [5.41, 5.74) is 2.41. The first-order valence-electron chi connectivity index (χ1n) is 6.25. The van der Waals surface area contributed by atoms with E-state index in [0.717, 1.165) is 22.4 Å². The molecule has 3 rings (SSSR count). The van der Waals surface area contributed by atoms with Crippen LogP contribution in [0.1, 0.15) is 18.5 Å². The molecule has 2 heterocycles. The Bertz CT molecular complexity index is 532. The summed E-state index contributed by atoms with van der Waals surface area (Å²) in [6.45, 7) is 1.16. The molecule has 0 bridgehead atoms. The van der Waals surface area contributed by atoms with Crippen LogP contribution < -0.4 is 5.32 Å². The van der Waals surface area contributed by atoms with Gasteiger partial charge in [0.2, 0.25) is 0 Å². The first-order valence-corrected chi connectivity index (χ1v) is 7.92. The zero-order valence-corrected chi connectivity index (χ0v) is 12.4. The maximum absolute atomic E-state index is 4.74. The van der Waals surface area contributed by atoms with Crippen molar-refractivity contribution in [3.63, 3.8) is 0 Å². The molecule has 1 N–H and O–H groups in total. The average Bonchev–Trinajstić information content (AvgIpc) is 3.01. The summed E-state index contributed by atoms with van der Waals surface area (Å²) in [6.07, 6.45) is 3.64. The van der Waals surface area contributed by atoms with Crippen molar-refractivity contribution in [3.05, 3.63) is 39.8 Å². The highest BCUT2D eigenvalue weighted by atomic mass is 79.9. The minimum absolute atomic E-state index is 0.627. The molecule has 1 aromatic carbocycles. The average molecular weight is 323 g/mol. The molecule has 0 saturated carbocycles. The first-order chi connectivity index (χ1) is 8.81. The van der Waals surface area contributed by atoms with Gasteiger partial charge in [0.1, 0.15) is 5.01 Å². The predicted molar refractivity (Wildman–Crippen MR) is 80.0 cm³/mol. The van der Waals surface area contributed by atoms with Crippen molar-refractivity contribution in [1.29, 1.82) is 0 Å². The normalized spacial score (nSPS) is 19.3. The van der Waals surface area contributed by atoms with Gasteiger partial charge >= 0.3 is 0 Å². The Balaban J connectivity index is 1.76. The predicted octanol–water partition coefficient (Wildman–Crippen LogP) is 3.87. The topological polar surface area (TPSA) is 24.9 Å². The Morgan fingerprint density at radius 3 is 3.17 bits per heavy atom. The number of nitrogens with one attached hydrogen (secondary N) is 1. The number of rotatable bonds is 3. The second-order valence-electron chi connectivity index (χ2n) is 4.65. The lowest BCUT2D eigenvalue weighted by Gasteiger charge is -2.06. The van der Waals surface area contributed by atoms with E-state index in [4.69, 9.17) is 4.98 Å². The van der Waals surface area contributed by atoms with Gasteiger partial charge in [-0.3, -0.25) is 0 Å². The fourth-order valence-electron chi connectivity index (χ4n) is 2.34. The molecule has 1 fully saturated rings. The van der Waals surface area contributed by atoms with E-state index in [2.05, 4.69) is 44.8 Å². The first kappa shape index (κ1) is 12.3. The highest BCUT2D eigenvalue weighted by Gasteiger charge is 2.16. The number of halogens is 1. The van der Waals surface area contributed by atoms with Gasteiger partial charge in [-0.1, -0.05) is 28.1 Å². The van der Waals surface area contributed by atoms with Crippen molar-refractivity contribution >= 4 is 27.3 Å². The SMILES string of the molecule is Brc1cccc(-c2nc(CC3CCCN3)cs2)c1. The third kappa shape index (κ3) is 2.82. The van der Waals surface area contributed by atoms with Crippen molar-refractivity contribution in [2.45, 2.75) is 25.3 Å². The number of nitrogens with zero attached hydrogens (tertiary/aromatic N) is 1. The van der Waals surface area contributed by atoms with Crippen LogP contribution in [0.5, 0.6) is 0 Å². The van der Waals surface area contributed by atoms with Crippen LogP contribution in [0.15, 0.2) is 34.1 Å². The highest BCUT2D eigenvalue weighted by molar-refractivity contribution is 9.10. The Labute approximate surface area is 120 Å². The number of hydrogen-bond donors (Lipinski definition) is 1. The summed E-state index contributed by atoms with van der Waals surface area (Å²) in [4.78, 5) is 4.74. The quantitative estimate of drug-likeness (QED) is 0.927. The third-order valence-electron chi connectivity index (χ3n) is 3.24. The van der Waals surface area contributed by atoms with Gasteiger partial charge in [0.05, 0.1) is 5.69 Å². The van der Waals surface area contributed by atoms with Gasteiger partial charge in [-0.05, 0) is 31.5 Å². The van der Waals surface area contributed by atoms with Crippen LogP contribution in [0, 0.1) is 0 Å². The van der Waals surface area contributed by atoms with Gasteiger partial charge in [-0.15, -0.1) is 11.3 Å². The summed E-state index contributed by atoms with van der Waals surface area (Å²) in [7, 11) is 0. The molecule has 1 saturated heterocycles. The molecular weight excluding hydrogens is 308 g/mol. The molecule has 4 heteroatoms. The van der Waals surface area contributed by atoms with Crippen molar-refractivity contribution < 1.29 is 0 Å². The summed E-state index contributed by atoms with van der Waals surface area (Å²) < 4.78 is 1.11. The van der Waals surface area contributed by atoms with Gasteiger partial charge < -0.3 is 5.32 Å². The molecule has 0 spiro atoms. The minimum atomic E-state index is 0.627. The molecule has 2 nitrogen and oxygen atoms in total. The van der Waals surface area contributed by atoms with Crippen LogP contribution in [0.25, 0.3) is 10.6 Å². The van der Waals surface area contributed by atoms with Gasteiger partial charge in [-0.2, -0.15) is 0 Å². The van der Waals surface area contributed by atoms with Crippen LogP contribution in [-0.2, 0) is 6.42 Å². The van der Waals surface area contributed by atoms with Crippen molar-refractivity contribution in [3.8, 4) is 10.6 Å². The van der Waals surface area contributed by atoms with Crippen LogP contribution in [0.4, 0.5) is 0 Å². The number of aromatic nitrogens is 1. The monoisotopic (exact) mass is 322 g/mol. The van der Waals surface area contributed by atoms with E-state index in [1.54, 1.807) is 11.3 Å². The van der Waals surface area contributed by atoms with E-state index < -0.39 is 0 Å².